The fourth-order valence-electron chi connectivity index (χ4n) is 4.52. The zero-order valence-electron chi connectivity index (χ0n) is 18.5. The number of hydrogen-bond donors (Lipinski definition) is 1. The van der Waals surface area contributed by atoms with Gasteiger partial charge in [0.15, 0.2) is 5.78 Å². The fraction of sp³-hybridized carbons (Fsp3) is 0.400. The van der Waals surface area contributed by atoms with E-state index in [1.54, 1.807) is 0 Å². The molecular formula is C25H29N3O4. The zero-order valence-corrected chi connectivity index (χ0v) is 18.5. The van der Waals surface area contributed by atoms with Crippen molar-refractivity contribution in [3.8, 4) is 0 Å². The molecule has 0 saturated carbocycles. The van der Waals surface area contributed by atoms with E-state index in [1.807, 2.05) is 73.4 Å². The number of hydrogen-bond acceptors (Lipinski definition) is 6. The van der Waals surface area contributed by atoms with E-state index in [0.29, 0.717) is 31.0 Å². The lowest BCUT2D eigenvalue weighted by Gasteiger charge is -2.43. The number of rotatable bonds is 5. The van der Waals surface area contributed by atoms with Crippen molar-refractivity contribution in [3.63, 3.8) is 0 Å². The smallest absolute Gasteiger partial charge is 0.317 e. The molecule has 0 radical (unpaired) electrons. The third-order valence-electron chi connectivity index (χ3n) is 5.98. The average Bonchev–Trinajstić information content (AvgIpc) is 2.78. The topological polar surface area (TPSA) is 83.0 Å². The standard InChI is InChI=1S/C25H29N3O4/c1-25(2)17-28(16-22(29)30)23(18-7-4-3-5-8-18)20(24(25)31)15-19-9-6-10-21(26-19)27-11-13-32-14-12-27/h3-10,15,23H,11-14,16-17H2,1-2H3,(H,29,30). The van der Waals surface area contributed by atoms with Gasteiger partial charge in [0.05, 0.1) is 31.5 Å². The minimum absolute atomic E-state index is 0.0200. The molecule has 2 fully saturated rings. The monoisotopic (exact) mass is 435 g/mol. The molecule has 0 aliphatic carbocycles. The number of anilines is 1. The van der Waals surface area contributed by atoms with Gasteiger partial charge in [0, 0.05) is 30.6 Å². The maximum atomic E-state index is 13.6. The second kappa shape index (κ2) is 9.22. The van der Waals surface area contributed by atoms with E-state index in [9.17, 15) is 14.7 Å². The Kier molecular flexibility index (Phi) is 6.39. The van der Waals surface area contributed by atoms with Gasteiger partial charge in [-0.3, -0.25) is 14.5 Å². The molecular weight excluding hydrogens is 406 g/mol. The zero-order chi connectivity index (χ0) is 22.7. The maximum Gasteiger partial charge on any atom is 0.317 e. The molecule has 2 saturated heterocycles. The van der Waals surface area contributed by atoms with E-state index in [-0.39, 0.29) is 12.3 Å². The van der Waals surface area contributed by atoms with Gasteiger partial charge in [0.2, 0.25) is 0 Å². The lowest BCUT2D eigenvalue weighted by molar-refractivity contribution is -0.141. The second-order valence-corrected chi connectivity index (χ2v) is 8.94. The quantitative estimate of drug-likeness (QED) is 0.723. The van der Waals surface area contributed by atoms with Crippen LogP contribution in [0.1, 0.15) is 31.1 Å². The lowest BCUT2D eigenvalue weighted by Crippen LogP contribution is -2.50. The first kappa shape index (κ1) is 22.2. The van der Waals surface area contributed by atoms with Crippen molar-refractivity contribution in [1.82, 2.24) is 9.88 Å². The molecule has 32 heavy (non-hydrogen) atoms. The van der Waals surface area contributed by atoms with Gasteiger partial charge in [-0.15, -0.1) is 0 Å². The summed E-state index contributed by atoms with van der Waals surface area (Å²) in [6.07, 6.45) is 1.83. The van der Waals surface area contributed by atoms with Crippen LogP contribution in [0.2, 0.25) is 0 Å². The molecule has 0 spiro atoms. The first-order valence-corrected chi connectivity index (χ1v) is 10.9. The van der Waals surface area contributed by atoms with Gasteiger partial charge in [-0.25, -0.2) is 4.98 Å². The number of ether oxygens (including phenoxy) is 1. The summed E-state index contributed by atoms with van der Waals surface area (Å²) in [5.41, 5.74) is 1.45. The normalized spacial score (nSPS) is 22.8. The molecule has 1 N–H and O–H groups in total. The number of aromatic nitrogens is 1. The number of Topliss-reactive ketones (excluding diaryl/α,β-unsaturated/α-hetero) is 1. The van der Waals surface area contributed by atoms with Crippen molar-refractivity contribution in [1.29, 1.82) is 0 Å². The molecule has 1 unspecified atom stereocenters. The highest BCUT2D eigenvalue weighted by Crippen LogP contribution is 2.41. The van der Waals surface area contributed by atoms with Gasteiger partial charge in [0.25, 0.3) is 0 Å². The molecule has 1 aromatic carbocycles. The number of carboxylic acids is 1. The Morgan fingerprint density at radius 1 is 1.16 bits per heavy atom. The van der Waals surface area contributed by atoms with Crippen molar-refractivity contribution < 1.29 is 19.4 Å². The number of pyridine rings is 1. The lowest BCUT2D eigenvalue weighted by atomic mass is 9.74. The number of morpholine rings is 1. The minimum atomic E-state index is -0.914. The predicted octanol–water partition coefficient (Wildman–Crippen LogP) is 3.04. The summed E-state index contributed by atoms with van der Waals surface area (Å²) in [4.78, 5) is 34.0. The summed E-state index contributed by atoms with van der Waals surface area (Å²) in [6, 6.07) is 15.0. The Bertz CT molecular complexity index is 1010. The summed E-state index contributed by atoms with van der Waals surface area (Å²) >= 11 is 0. The van der Waals surface area contributed by atoms with E-state index in [4.69, 9.17) is 9.72 Å². The molecule has 2 aliphatic heterocycles. The van der Waals surface area contributed by atoms with Crippen LogP contribution >= 0.6 is 0 Å². The number of carbonyl (C=O) groups excluding carboxylic acids is 1. The molecule has 168 valence electrons. The van der Waals surface area contributed by atoms with Crippen molar-refractivity contribution in [2.75, 3.05) is 44.3 Å². The van der Waals surface area contributed by atoms with Crippen molar-refractivity contribution in [2.45, 2.75) is 19.9 Å². The van der Waals surface area contributed by atoms with Gasteiger partial charge in [-0.1, -0.05) is 50.2 Å². The van der Waals surface area contributed by atoms with Gasteiger partial charge < -0.3 is 14.7 Å². The summed E-state index contributed by atoms with van der Waals surface area (Å²) < 4.78 is 5.44. The summed E-state index contributed by atoms with van der Waals surface area (Å²) in [5.74, 6) is -0.0433. The van der Waals surface area contributed by atoms with Crippen molar-refractivity contribution >= 4 is 23.6 Å². The predicted molar refractivity (Wildman–Crippen MR) is 122 cm³/mol. The fourth-order valence-corrected chi connectivity index (χ4v) is 4.52. The highest BCUT2D eigenvalue weighted by Gasteiger charge is 2.44. The number of carbonyl (C=O) groups is 2. The van der Waals surface area contributed by atoms with Gasteiger partial charge >= 0.3 is 5.97 Å². The summed E-state index contributed by atoms with van der Waals surface area (Å²) in [6.45, 7) is 6.86. The number of nitrogens with zero attached hydrogens (tertiary/aromatic N) is 3. The van der Waals surface area contributed by atoms with Gasteiger partial charge in [-0.2, -0.15) is 0 Å². The third-order valence-corrected chi connectivity index (χ3v) is 5.98. The molecule has 2 aromatic rings. The molecule has 0 bridgehead atoms. The SMILES string of the molecule is CC1(C)CN(CC(=O)O)C(c2ccccc2)C(=Cc2cccc(N3CCOCC3)n2)C1=O. The van der Waals surface area contributed by atoms with E-state index in [0.717, 1.165) is 24.5 Å². The number of carboxylic acid groups (broad SMARTS) is 1. The van der Waals surface area contributed by atoms with E-state index < -0.39 is 17.4 Å². The van der Waals surface area contributed by atoms with Crippen LogP contribution in [0.5, 0.6) is 0 Å². The molecule has 1 aromatic heterocycles. The summed E-state index contributed by atoms with van der Waals surface area (Å²) in [5, 5.41) is 9.55. The van der Waals surface area contributed by atoms with E-state index in [1.165, 1.54) is 0 Å². The van der Waals surface area contributed by atoms with Crippen LogP contribution < -0.4 is 4.90 Å². The molecule has 3 heterocycles. The van der Waals surface area contributed by atoms with Gasteiger partial charge in [-0.05, 0) is 23.8 Å². The molecule has 0 amide bonds. The Morgan fingerprint density at radius 3 is 2.56 bits per heavy atom. The Hall–Kier alpha value is -3.03. The largest absolute Gasteiger partial charge is 0.480 e. The first-order valence-electron chi connectivity index (χ1n) is 10.9. The Balaban J connectivity index is 1.78. The van der Waals surface area contributed by atoms with Crippen LogP contribution in [-0.2, 0) is 14.3 Å². The van der Waals surface area contributed by atoms with E-state index >= 15 is 0 Å². The maximum absolute atomic E-state index is 13.6. The molecule has 7 heteroatoms. The van der Waals surface area contributed by atoms with Gasteiger partial charge in [0.1, 0.15) is 5.82 Å². The Labute approximate surface area is 188 Å². The van der Waals surface area contributed by atoms with Crippen LogP contribution in [0.3, 0.4) is 0 Å². The van der Waals surface area contributed by atoms with E-state index in [2.05, 4.69) is 4.90 Å². The minimum Gasteiger partial charge on any atom is -0.480 e. The molecule has 1 atom stereocenters. The van der Waals surface area contributed by atoms with Crippen LogP contribution in [0.15, 0.2) is 54.1 Å². The van der Waals surface area contributed by atoms with Crippen LogP contribution in [0.4, 0.5) is 5.82 Å². The van der Waals surface area contributed by atoms with Crippen LogP contribution in [-0.4, -0.2) is 66.1 Å². The first-order chi connectivity index (χ1) is 15.3. The van der Waals surface area contributed by atoms with Crippen LogP contribution in [0.25, 0.3) is 6.08 Å². The average molecular weight is 436 g/mol. The highest BCUT2D eigenvalue weighted by atomic mass is 16.5. The molecule has 4 rings (SSSR count). The van der Waals surface area contributed by atoms with Crippen molar-refractivity contribution in [2.24, 2.45) is 5.41 Å². The summed E-state index contributed by atoms with van der Waals surface area (Å²) in [7, 11) is 0. The number of piperidine rings is 1. The third kappa shape index (κ3) is 4.74. The number of ketones is 1. The van der Waals surface area contributed by atoms with Crippen LogP contribution in [0, 0.1) is 5.41 Å². The molecule has 7 nitrogen and oxygen atoms in total. The number of benzene rings is 1. The Morgan fingerprint density at radius 2 is 1.88 bits per heavy atom. The highest BCUT2D eigenvalue weighted by molar-refractivity contribution is 6.05. The molecule has 2 aliphatic rings. The number of likely N-dealkylation sites (tertiary alicyclic amines) is 1. The second-order valence-electron chi connectivity index (χ2n) is 8.94. The van der Waals surface area contributed by atoms with Crippen molar-refractivity contribution in [3.05, 3.63) is 65.4 Å². The number of aliphatic carboxylic acids is 1.